The lowest BCUT2D eigenvalue weighted by atomic mass is 10.0. The third-order valence-electron chi connectivity index (χ3n) is 2.81. The van der Waals surface area contributed by atoms with Gasteiger partial charge in [0.25, 0.3) is 0 Å². The predicted molar refractivity (Wildman–Crippen MR) is 70.2 cm³/mol. The van der Waals surface area contributed by atoms with Gasteiger partial charge in [-0.15, -0.1) is 0 Å². The SMILES string of the molecule is O=C(Cc1cc(F)ccc1Cl)Cc1cccc(F)c1F. The fourth-order valence-electron chi connectivity index (χ4n) is 1.85. The largest absolute Gasteiger partial charge is 0.299 e. The second-order valence-electron chi connectivity index (χ2n) is 4.34. The number of Topliss-reactive ketones (excluding diaryl/α,β-unsaturated/α-hetero) is 1. The molecule has 0 amide bonds. The molecule has 0 radical (unpaired) electrons. The van der Waals surface area contributed by atoms with Crippen molar-refractivity contribution in [2.45, 2.75) is 12.8 Å². The maximum atomic E-state index is 13.4. The Morgan fingerprint density at radius 3 is 2.45 bits per heavy atom. The van der Waals surface area contributed by atoms with Crippen molar-refractivity contribution >= 4 is 17.4 Å². The van der Waals surface area contributed by atoms with Crippen LogP contribution in [0.3, 0.4) is 0 Å². The van der Waals surface area contributed by atoms with Crippen LogP contribution in [-0.4, -0.2) is 5.78 Å². The predicted octanol–water partition coefficient (Wildman–Crippen LogP) is 4.11. The van der Waals surface area contributed by atoms with Gasteiger partial charge in [-0.1, -0.05) is 23.7 Å². The van der Waals surface area contributed by atoms with Gasteiger partial charge in [0.2, 0.25) is 0 Å². The van der Waals surface area contributed by atoms with E-state index < -0.39 is 17.5 Å². The van der Waals surface area contributed by atoms with Crippen LogP contribution >= 0.6 is 11.6 Å². The fourth-order valence-corrected chi connectivity index (χ4v) is 2.04. The molecule has 0 atom stereocenters. The van der Waals surface area contributed by atoms with Crippen LogP contribution in [0.15, 0.2) is 36.4 Å². The normalized spacial score (nSPS) is 10.6. The van der Waals surface area contributed by atoms with E-state index in [0.29, 0.717) is 5.56 Å². The minimum absolute atomic E-state index is 0.0254. The molecular weight excluding hydrogens is 289 g/mol. The summed E-state index contributed by atoms with van der Waals surface area (Å²) < 4.78 is 39.5. The maximum Gasteiger partial charge on any atom is 0.162 e. The van der Waals surface area contributed by atoms with Gasteiger partial charge in [-0.2, -0.15) is 0 Å². The van der Waals surface area contributed by atoms with Crippen LogP contribution in [0, 0.1) is 17.5 Å². The average molecular weight is 299 g/mol. The fraction of sp³-hybridized carbons (Fsp3) is 0.133. The summed E-state index contributed by atoms with van der Waals surface area (Å²) in [6.07, 6.45) is -0.400. The summed E-state index contributed by atoms with van der Waals surface area (Å²) in [4.78, 5) is 11.8. The number of ketones is 1. The number of rotatable bonds is 4. The zero-order valence-electron chi connectivity index (χ0n) is 10.3. The third-order valence-corrected chi connectivity index (χ3v) is 3.18. The first-order valence-electron chi connectivity index (χ1n) is 5.86. The first-order valence-corrected chi connectivity index (χ1v) is 6.23. The van der Waals surface area contributed by atoms with Gasteiger partial charge in [0.05, 0.1) is 0 Å². The van der Waals surface area contributed by atoms with Gasteiger partial charge in [-0.25, -0.2) is 13.2 Å². The van der Waals surface area contributed by atoms with Gasteiger partial charge >= 0.3 is 0 Å². The van der Waals surface area contributed by atoms with Crippen molar-refractivity contribution in [2.75, 3.05) is 0 Å². The van der Waals surface area contributed by atoms with E-state index >= 15 is 0 Å². The van der Waals surface area contributed by atoms with Gasteiger partial charge < -0.3 is 0 Å². The molecule has 0 N–H and O–H groups in total. The summed E-state index contributed by atoms with van der Waals surface area (Å²) in [6, 6.07) is 7.33. The Kier molecular flexibility index (Phi) is 4.45. The molecule has 2 aromatic rings. The smallest absolute Gasteiger partial charge is 0.162 e. The molecule has 2 rings (SSSR count). The molecule has 0 saturated carbocycles. The molecule has 0 aliphatic carbocycles. The molecule has 0 aliphatic heterocycles. The van der Waals surface area contributed by atoms with E-state index in [2.05, 4.69) is 0 Å². The van der Waals surface area contributed by atoms with Gasteiger partial charge in [-0.3, -0.25) is 4.79 Å². The Hall–Kier alpha value is -1.81. The van der Waals surface area contributed by atoms with Gasteiger partial charge in [0.15, 0.2) is 11.6 Å². The highest BCUT2D eigenvalue weighted by atomic mass is 35.5. The number of hydrogen-bond acceptors (Lipinski definition) is 1. The summed E-state index contributed by atoms with van der Waals surface area (Å²) in [7, 11) is 0. The second kappa shape index (κ2) is 6.09. The van der Waals surface area contributed by atoms with Gasteiger partial charge in [0.1, 0.15) is 11.6 Å². The second-order valence-corrected chi connectivity index (χ2v) is 4.75. The number of carbonyl (C=O) groups excluding carboxylic acids is 1. The highest BCUT2D eigenvalue weighted by Gasteiger charge is 2.13. The summed E-state index contributed by atoms with van der Waals surface area (Å²) in [6.45, 7) is 0. The maximum absolute atomic E-state index is 13.4. The summed E-state index contributed by atoms with van der Waals surface area (Å²) in [5, 5.41) is 0.263. The molecule has 0 aliphatic rings. The quantitative estimate of drug-likeness (QED) is 0.830. The number of hydrogen-bond donors (Lipinski definition) is 0. The molecular formula is C15H10ClF3O. The van der Waals surface area contributed by atoms with E-state index in [1.54, 1.807) is 0 Å². The Balaban J connectivity index is 2.13. The molecule has 5 heteroatoms. The van der Waals surface area contributed by atoms with Crippen molar-refractivity contribution in [1.82, 2.24) is 0 Å². The lowest BCUT2D eigenvalue weighted by Crippen LogP contribution is -2.09. The average Bonchev–Trinajstić information content (AvgIpc) is 2.39. The Morgan fingerprint density at radius 1 is 1.00 bits per heavy atom. The van der Waals surface area contributed by atoms with Crippen molar-refractivity contribution in [2.24, 2.45) is 0 Å². The molecule has 0 bridgehead atoms. The van der Waals surface area contributed by atoms with Gasteiger partial charge in [0, 0.05) is 17.9 Å². The molecule has 0 unspecified atom stereocenters. The molecule has 0 fully saturated rings. The highest BCUT2D eigenvalue weighted by Crippen LogP contribution is 2.19. The van der Waals surface area contributed by atoms with E-state index in [1.165, 1.54) is 24.3 Å². The standard InChI is InChI=1S/C15H10ClF3O/c16-13-5-4-11(17)6-10(13)8-12(20)7-9-2-1-3-14(18)15(9)19/h1-6H,7-8H2. The van der Waals surface area contributed by atoms with Crippen LogP contribution in [0.2, 0.25) is 5.02 Å². The van der Waals surface area contributed by atoms with Crippen molar-refractivity contribution in [3.63, 3.8) is 0 Å². The van der Waals surface area contributed by atoms with Crippen LogP contribution in [0.25, 0.3) is 0 Å². The van der Waals surface area contributed by atoms with Gasteiger partial charge in [-0.05, 0) is 35.4 Å². The topological polar surface area (TPSA) is 17.1 Å². The van der Waals surface area contributed by atoms with Crippen molar-refractivity contribution in [3.8, 4) is 0 Å². The first-order chi connectivity index (χ1) is 9.47. The van der Waals surface area contributed by atoms with Crippen LogP contribution in [0.5, 0.6) is 0 Å². The number of halogens is 4. The lowest BCUT2D eigenvalue weighted by Gasteiger charge is -2.05. The minimum Gasteiger partial charge on any atom is -0.299 e. The molecule has 1 nitrogen and oxygen atoms in total. The zero-order valence-corrected chi connectivity index (χ0v) is 11.1. The van der Waals surface area contributed by atoms with E-state index in [1.807, 2.05) is 0 Å². The number of benzene rings is 2. The Bertz CT molecular complexity index is 650. The molecule has 20 heavy (non-hydrogen) atoms. The molecule has 0 saturated heterocycles. The third kappa shape index (κ3) is 3.39. The zero-order chi connectivity index (χ0) is 14.7. The molecule has 0 spiro atoms. The van der Waals surface area contributed by atoms with E-state index in [0.717, 1.165) is 12.1 Å². The monoisotopic (exact) mass is 298 g/mol. The summed E-state index contributed by atoms with van der Waals surface area (Å²) in [5.41, 5.74) is 0.302. The van der Waals surface area contributed by atoms with Crippen molar-refractivity contribution < 1.29 is 18.0 Å². The highest BCUT2D eigenvalue weighted by molar-refractivity contribution is 6.31. The van der Waals surface area contributed by atoms with E-state index in [-0.39, 0.29) is 29.2 Å². The minimum atomic E-state index is -1.04. The molecule has 0 heterocycles. The summed E-state index contributed by atoms with van der Waals surface area (Å²) in [5.74, 6) is -2.92. The van der Waals surface area contributed by atoms with Crippen LogP contribution in [0.4, 0.5) is 13.2 Å². The van der Waals surface area contributed by atoms with Crippen LogP contribution in [0.1, 0.15) is 11.1 Å². The van der Waals surface area contributed by atoms with Crippen molar-refractivity contribution in [3.05, 3.63) is 70.0 Å². The Morgan fingerprint density at radius 2 is 1.70 bits per heavy atom. The van der Waals surface area contributed by atoms with Crippen LogP contribution < -0.4 is 0 Å². The van der Waals surface area contributed by atoms with Crippen LogP contribution in [-0.2, 0) is 17.6 Å². The molecule has 104 valence electrons. The van der Waals surface area contributed by atoms with E-state index in [9.17, 15) is 18.0 Å². The molecule has 2 aromatic carbocycles. The van der Waals surface area contributed by atoms with Crippen molar-refractivity contribution in [1.29, 1.82) is 0 Å². The van der Waals surface area contributed by atoms with E-state index in [4.69, 9.17) is 11.6 Å². The number of carbonyl (C=O) groups is 1. The summed E-state index contributed by atoms with van der Waals surface area (Å²) >= 11 is 5.85. The lowest BCUT2D eigenvalue weighted by molar-refractivity contribution is -0.117. The Labute approximate surface area is 119 Å². The molecule has 0 aromatic heterocycles. The first kappa shape index (κ1) is 14.6.